The van der Waals surface area contributed by atoms with Crippen molar-refractivity contribution in [2.75, 3.05) is 0 Å². The molecule has 164 valence electrons. The number of fused-ring (bicyclic) bond motifs is 4. The first kappa shape index (κ1) is 19.6. The monoisotopic (exact) mass is 450 g/mol. The van der Waals surface area contributed by atoms with E-state index in [0.717, 1.165) is 49.7 Å². The predicted octanol–water partition coefficient (Wildman–Crippen LogP) is 7.32. The highest BCUT2D eigenvalue weighted by molar-refractivity contribution is 6.12. The van der Waals surface area contributed by atoms with Gasteiger partial charge in [-0.3, -0.25) is 0 Å². The molecule has 0 fully saturated rings. The summed E-state index contributed by atoms with van der Waals surface area (Å²) in [6, 6.07) is 36.0. The zero-order chi connectivity index (χ0) is 23.2. The molecule has 0 aliphatic carbocycles. The van der Waals surface area contributed by atoms with Gasteiger partial charge in [0.2, 0.25) is 0 Å². The highest BCUT2D eigenvalue weighted by Crippen LogP contribution is 2.36. The van der Waals surface area contributed by atoms with E-state index in [9.17, 15) is 0 Å². The lowest BCUT2D eigenvalue weighted by molar-refractivity contribution is 0.669. The van der Waals surface area contributed by atoms with Crippen LogP contribution in [0.4, 0.5) is 0 Å². The molecule has 0 N–H and O–H groups in total. The van der Waals surface area contributed by atoms with E-state index in [1.165, 1.54) is 0 Å². The molecule has 35 heavy (non-hydrogen) atoms. The molecule has 3 heterocycles. The SMILES string of the molecule is c1ccc(-c2nc(-c3ccccc3)nc(-c3cccc4oc5cc6ccccc6nc5c34)n2)cc1. The van der Waals surface area contributed by atoms with E-state index in [1.54, 1.807) is 0 Å². The lowest BCUT2D eigenvalue weighted by Crippen LogP contribution is -2.00. The molecule has 0 saturated heterocycles. The summed E-state index contributed by atoms with van der Waals surface area (Å²) in [5.41, 5.74) is 5.94. The van der Waals surface area contributed by atoms with Gasteiger partial charge in [0, 0.05) is 22.1 Å². The maximum atomic E-state index is 6.22. The van der Waals surface area contributed by atoms with Crippen molar-refractivity contribution in [1.29, 1.82) is 0 Å². The minimum atomic E-state index is 0.584. The Morgan fingerprint density at radius 2 is 1.11 bits per heavy atom. The van der Waals surface area contributed by atoms with Gasteiger partial charge in [-0.05, 0) is 18.2 Å². The molecule has 0 spiro atoms. The van der Waals surface area contributed by atoms with E-state index in [1.807, 2.05) is 109 Å². The molecule has 3 aromatic heterocycles. The van der Waals surface area contributed by atoms with Gasteiger partial charge in [0.05, 0.1) is 10.9 Å². The van der Waals surface area contributed by atoms with Gasteiger partial charge in [0.25, 0.3) is 0 Å². The summed E-state index contributed by atoms with van der Waals surface area (Å²) < 4.78 is 6.22. The lowest BCUT2D eigenvalue weighted by Gasteiger charge is -2.09. The van der Waals surface area contributed by atoms with E-state index in [4.69, 9.17) is 24.4 Å². The largest absolute Gasteiger partial charge is 0.454 e. The number of furan rings is 1. The molecule has 0 aliphatic rings. The quantitative estimate of drug-likeness (QED) is 0.282. The van der Waals surface area contributed by atoms with Gasteiger partial charge in [0.1, 0.15) is 11.1 Å². The number of hydrogen-bond donors (Lipinski definition) is 0. The van der Waals surface area contributed by atoms with Crippen molar-refractivity contribution < 1.29 is 4.42 Å². The van der Waals surface area contributed by atoms with Crippen molar-refractivity contribution in [3.63, 3.8) is 0 Å². The molecule has 0 unspecified atom stereocenters. The van der Waals surface area contributed by atoms with Gasteiger partial charge in [-0.15, -0.1) is 0 Å². The van der Waals surface area contributed by atoms with Crippen LogP contribution >= 0.6 is 0 Å². The standard InChI is InChI=1S/C30H18N4O/c1-3-10-19(11-4-1)28-32-29(20-12-5-2-6-13-20)34-30(33-28)22-15-9-17-24-26(22)27-25(35-24)18-21-14-7-8-16-23(21)31-27/h1-18H. The number of rotatable bonds is 3. The minimum absolute atomic E-state index is 0.584. The third-order valence-electron chi connectivity index (χ3n) is 6.11. The van der Waals surface area contributed by atoms with Crippen LogP contribution in [0.1, 0.15) is 0 Å². The molecule has 7 rings (SSSR count). The van der Waals surface area contributed by atoms with E-state index in [2.05, 4.69) is 0 Å². The van der Waals surface area contributed by atoms with Crippen LogP contribution in [-0.2, 0) is 0 Å². The highest BCUT2D eigenvalue weighted by Gasteiger charge is 2.18. The van der Waals surface area contributed by atoms with Crippen LogP contribution in [0.2, 0.25) is 0 Å². The average molecular weight is 451 g/mol. The van der Waals surface area contributed by atoms with Crippen LogP contribution in [0.15, 0.2) is 114 Å². The number of para-hydroxylation sites is 1. The van der Waals surface area contributed by atoms with E-state index in [-0.39, 0.29) is 0 Å². The molecular weight excluding hydrogens is 432 g/mol. The van der Waals surface area contributed by atoms with Crippen LogP contribution in [0.5, 0.6) is 0 Å². The maximum absolute atomic E-state index is 6.22. The Morgan fingerprint density at radius 3 is 1.83 bits per heavy atom. The average Bonchev–Trinajstić information content (AvgIpc) is 3.30. The Bertz CT molecular complexity index is 1790. The fourth-order valence-electron chi connectivity index (χ4n) is 4.45. The van der Waals surface area contributed by atoms with Crippen molar-refractivity contribution in [2.24, 2.45) is 0 Å². The van der Waals surface area contributed by atoms with Crippen LogP contribution in [0.3, 0.4) is 0 Å². The van der Waals surface area contributed by atoms with Gasteiger partial charge in [-0.1, -0.05) is 91.0 Å². The maximum Gasteiger partial charge on any atom is 0.164 e. The van der Waals surface area contributed by atoms with Gasteiger partial charge in [-0.25, -0.2) is 19.9 Å². The first-order chi connectivity index (χ1) is 17.3. The molecule has 4 aromatic carbocycles. The number of pyridine rings is 1. The molecule has 0 aliphatic heterocycles. The molecule has 0 bridgehead atoms. The smallest absolute Gasteiger partial charge is 0.164 e. The summed E-state index contributed by atoms with van der Waals surface area (Å²) in [5, 5.41) is 1.94. The summed E-state index contributed by atoms with van der Waals surface area (Å²) in [6.07, 6.45) is 0. The molecule has 5 nitrogen and oxygen atoms in total. The number of aromatic nitrogens is 4. The van der Waals surface area contributed by atoms with Crippen LogP contribution in [0.25, 0.3) is 67.1 Å². The predicted molar refractivity (Wildman–Crippen MR) is 139 cm³/mol. The summed E-state index contributed by atoms with van der Waals surface area (Å²) >= 11 is 0. The number of benzene rings is 4. The number of hydrogen-bond acceptors (Lipinski definition) is 5. The highest BCUT2D eigenvalue weighted by atomic mass is 16.3. The Balaban J connectivity index is 1.53. The van der Waals surface area contributed by atoms with Gasteiger partial charge < -0.3 is 4.42 Å². The van der Waals surface area contributed by atoms with E-state index in [0.29, 0.717) is 17.5 Å². The van der Waals surface area contributed by atoms with Crippen molar-refractivity contribution >= 4 is 33.0 Å². The minimum Gasteiger partial charge on any atom is -0.454 e. The lowest BCUT2D eigenvalue weighted by atomic mass is 10.1. The second kappa shape index (κ2) is 7.85. The topological polar surface area (TPSA) is 64.7 Å². The van der Waals surface area contributed by atoms with Crippen LogP contribution in [-0.4, -0.2) is 19.9 Å². The van der Waals surface area contributed by atoms with Crippen LogP contribution in [0, 0.1) is 0 Å². The molecule has 7 aromatic rings. The first-order valence-electron chi connectivity index (χ1n) is 11.4. The Morgan fingerprint density at radius 1 is 0.486 bits per heavy atom. The summed E-state index contributed by atoms with van der Waals surface area (Å²) in [4.78, 5) is 19.6. The third kappa shape index (κ3) is 3.33. The molecule has 0 atom stereocenters. The van der Waals surface area contributed by atoms with E-state index < -0.39 is 0 Å². The zero-order valence-corrected chi connectivity index (χ0v) is 18.6. The van der Waals surface area contributed by atoms with Crippen molar-refractivity contribution in [3.05, 3.63) is 109 Å². The van der Waals surface area contributed by atoms with Crippen LogP contribution < -0.4 is 0 Å². The number of nitrogens with zero attached hydrogens (tertiary/aromatic N) is 4. The second-order valence-electron chi connectivity index (χ2n) is 8.35. The van der Waals surface area contributed by atoms with Crippen molar-refractivity contribution in [3.8, 4) is 34.2 Å². The normalized spacial score (nSPS) is 11.4. The van der Waals surface area contributed by atoms with Crippen molar-refractivity contribution in [2.45, 2.75) is 0 Å². The summed E-state index contributed by atoms with van der Waals surface area (Å²) in [6.45, 7) is 0. The Hall–Kier alpha value is -4.90. The third-order valence-corrected chi connectivity index (χ3v) is 6.11. The Kier molecular flexibility index (Phi) is 4.39. The zero-order valence-electron chi connectivity index (χ0n) is 18.6. The molecular formula is C30H18N4O. The van der Waals surface area contributed by atoms with Gasteiger partial charge in [-0.2, -0.15) is 0 Å². The molecule has 0 radical (unpaired) electrons. The van der Waals surface area contributed by atoms with Gasteiger partial charge >= 0.3 is 0 Å². The second-order valence-corrected chi connectivity index (χ2v) is 8.35. The van der Waals surface area contributed by atoms with Gasteiger partial charge in [0.15, 0.2) is 23.1 Å². The fourth-order valence-corrected chi connectivity index (χ4v) is 4.45. The van der Waals surface area contributed by atoms with Crippen molar-refractivity contribution in [1.82, 2.24) is 19.9 Å². The molecule has 5 heteroatoms. The summed E-state index contributed by atoms with van der Waals surface area (Å²) in [7, 11) is 0. The summed E-state index contributed by atoms with van der Waals surface area (Å²) in [5.74, 6) is 1.83. The Labute approximate surface area is 200 Å². The van der Waals surface area contributed by atoms with E-state index >= 15 is 0 Å². The molecule has 0 saturated carbocycles. The molecule has 0 amide bonds. The fraction of sp³-hybridized carbons (Fsp3) is 0. The first-order valence-corrected chi connectivity index (χ1v) is 11.4.